The Kier molecular flexibility index (Phi) is 9.27. The zero-order chi connectivity index (χ0) is 31.2. The van der Waals surface area contributed by atoms with E-state index in [9.17, 15) is 10.1 Å². The van der Waals surface area contributed by atoms with Crippen molar-refractivity contribution in [2.75, 3.05) is 13.2 Å². The second-order valence-electron chi connectivity index (χ2n) is 10.2. The lowest BCUT2D eigenvalue weighted by atomic mass is 9.83. The highest BCUT2D eigenvalue weighted by Gasteiger charge is 2.32. The smallest absolute Gasteiger partial charge is 0.349 e. The van der Waals surface area contributed by atoms with Crippen LogP contribution in [0.15, 0.2) is 90.3 Å². The third kappa shape index (κ3) is 6.74. The van der Waals surface area contributed by atoms with E-state index in [2.05, 4.69) is 6.07 Å². The van der Waals surface area contributed by atoms with Crippen LogP contribution >= 0.6 is 11.6 Å². The van der Waals surface area contributed by atoms with Crippen molar-refractivity contribution in [3.63, 3.8) is 0 Å². The van der Waals surface area contributed by atoms with Gasteiger partial charge in [-0.2, -0.15) is 5.26 Å². The first-order valence-corrected chi connectivity index (χ1v) is 14.4. The van der Waals surface area contributed by atoms with Crippen LogP contribution in [0.1, 0.15) is 40.7 Å². The number of nitrogens with two attached hydrogens (primary N) is 1. The molecule has 5 rings (SSSR count). The van der Waals surface area contributed by atoms with Gasteiger partial charge >= 0.3 is 5.97 Å². The number of carbonyl (C=O) groups is 1. The molecule has 1 heterocycles. The molecule has 0 aliphatic carbocycles. The molecule has 0 aromatic heterocycles. The lowest BCUT2D eigenvalue weighted by Crippen LogP contribution is -2.22. The van der Waals surface area contributed by atoms with E-state index in [1.165, 1.54) is 0 Å². The number of carbonyl (C=O) groups excluding carboxylic acids is 1. The van der Waals surface area contributed by atoms with E-state index in [1.54, 1.807) is 30.3 Å². The molecule has 4 aromatic carbocycles. The second-order valence-corrected chi connectivity index (χ2v) is 10.6. The van der Waals surface area contributed by atoms with E-state index in [1.807, 2.05) is 69.3 Å². The number of hydrogen-bond acceptors (Lipinski definition) is 8. The summed E-state index contributed by atoms with van der Waals surface area (Å²) < 4.78 is 28.9. The fourth-order valence-electron chi connectivity index (χ4n) is 4.81. The number of halogens is 1. The Morgan fingerprint density at radius 3 is 2.48 bits per heavy atom. The van der Waals surface area contributed by atoms with Crippen molar-refractivity contribution in [1.29, 1.82) is 5.26 Å². The maximum atomic E-state index is 12.5. The van der Waals surface area contributed by atoms with Crippen LogP contribution in [0.5, 0.6) is 28.7 Å². The Hall–Kier alpha value is -5.13. The molecule has 44 heavy (non-hydrogen) atoms. The molecular weight excluding hydrogens is 580 g/mol. The fourth-order valence-corrected chi connectivity index (χ4v) is 5.00. The van der Waals surface area contributed by atoms with Crippen molar-refractivity contribution in [3.05, 3.63) is 123 Å². The molecule has 1 unspecified atom stereocenters. The Bertz CT molecular complexity index is 1780. The van der Waals surface area contributed by atoms with Gasteiger partial charge < -0.3 is 29.4 Å². The van der Waals surface area contributed by atoms with Gasteiger partial charge in [0.25, 0.3) is 0 Å². The van der Waals surface area contributed by atoms with Crippen LogP contribution in [0.2, 0.25) is 5.02 Å². The minimum Gasteiger partial charge on any atom is -0.490 e. The van der Waals surface area contributed by atoms with Crippen molar-refractivity contribution in [2.24, 2.45) is 5.73 Å². The van der Waals surface area contributed by atoms with Crippen LogP contribution in [0.25, 0.3) is 0 Å². The van der Waals surface area contributed by atoms with Gasteiger partial charge in [-0.3, -0.25) is 0 Å². The first kappa shape index (κ1) is 30.3. The first-order valence-electron chi connectivity index (χ1n) is 14.0. The molecule has 1 aliphatic heterocycles. The van der Waals surface area contributed by atoms with Crippen LogP contribution in [0.4, 0.5) is 0 Å². The number of fused-ring (bicyclic) bond motifs is 1. The highest BCUT2D eigenvalue weighted by atomic mass is 35.5. The van der Waals surface area contributed by atoms with Gasteiger partial charge in [0.15, 0.2) is 18.1 Å². The summed E-state index contributed by atoms with van der Waals surface area (Å²) in [5.41, 5.74) is 10.9. The summed E-state index contributed by atoms with van der Waals surface area (Å²) in [5, 5.41) is 10.6. The van der Waals surface area contributed by atoms with Gasteiger partial charge in [-0.1, -0.05) is 48.0 Å². The SMILES string of the molecule is CCOc1cc(C2C(C#N)=C(N)Oc3cc(OC(=O)COc4ccc(C)c(C)c4)ccc32)ccc1OCc1ccccc1Cl. The molecular formula is C35H31ClN2O6. The lowest BCUT2D eigenvalue weighted by molar-refractivity contribution is -0.136. The zero-order valence-electron chi connectivity index (χ0n) is 24.6. The number of ether oxygens (including phenoxy) is 5. The van der Waals surface area contributed by atoms with Crippen LogP contribution in [0.3, 0.4) is 0 Å². The predicted molar refractivity (Wildman–Crippen MR) is 166 cm³/mol. The predicted octanol–water partition coefficient (Wildman–Crippen LogP) is 7.14. The summed E-state index contributed by atoms with van der Waals surface area (Å²) in [4.78, 5) is 12.5. The van der Waals surface area contributed by atoms with Gasteiger partial charge in [0, 0.05) is 22.2 Å². The fraction of sp³-hybridized carbons (Fsp3) is 0.200. The molecule has 0 fully saturated rings. The van der Waals surface area contributed by atoms with E-state index < -0.39 is 11.9 Å². The Morgan fingerprint density at radius 1 is 0.932 bits per heavy atom. The van der Waals surface area contributed by atoms with E-state index in [0.29, 0.717) is 40.2 Å². The van der Waals surface area contributed by atoms with Crippen molar-refractivity contribution in [1.82, 2.24) is 0 Å². The summed E-state index contributed by atoms with van der Waals surface area (Å²) in [6.45, 7) is 6.25. The van der Waals surface area contributed by atoms with Crippen LogP contribution in [-0.2, 0) is 11.4 Å². The summed E-state index contributed by atoms with van der Waals surface area (Å²) in [7, 11) is 0. The number of hydrogen-bond donors (Lipinski definition) is 1. The molecule has 224 valence electrons. The summed E-state index contributed by atoms with van der Waals surface area (Å²) in [6.07, 6.45) is 0. The average molecular weight is 611 g/mol. The molecule has 1 aliphatic rings. The number of allylic oxidation sites excluding steroid dienone is 1. The molecule has 9 heteroatoms. The summed E-state index contributed by atoms with van der Waals surface area (Å²) >= 11 is 6.30. The second kappa shape index (κ2) is 13.4. The normalized spacial score (nSPS) is 13.8. The monoisotopic (exact) mass is 610 g/mol. The van der Waals surface area contributed by atoms with E-state index in [-0.39, 0.29) is 30.4 Å². The molecule has 0 spiro atoms. The van der Waals surface area contributed by atoms with Crippen molar-refractivity contribution < 1.29 is 28.5 Å². The molecule has 2 N–H and O–H groups in total. The van der Waals surface area contributed by atoms with Crippen LogP contribution in [0, 0.1) is 25.2 Å². The Balaban J connectivity index is 1.37. The third-order valence-corrected chi connectivity index (χ3v) is 7.57. The van der Waals surface area contributed by atoms with Crippen molar-refractivity contribution >= 4 is 17.6 Å². The number of nitrogens with zero attached hydrogens (tertiary/aromatic N) is 1. The third-order valence-electron chi connectivity index (χ3n) is 7.20. The zero-order valence-corrected chi connectivity index (χ0v) is 25.3. The molecule has 0 saturated carbocycles. The molecule has 4 aromatic rings. The van der Waals surface area contributed by atoms with Crippen molar-refractivity contribution in [3.8, 4) is 34.8 Å². The molecule has 0 radical (unpaired) electrons. The standard InChI is InChI=1S/C35H31ClN2O6/c1-4-40-32-16-23(10-14-30(32)42-19-24-7-5-6-8-29(24)36)34-27-13-12-26(17-31(27)44-35(38)28(34)18-37)43-33(39)20-41-25-11-9-21(2)22(3)15-25/h5-17,34H,4,19-20,38H2,1-3H3. The number of benzene rings is 4. The van der Waals surface area contributed by atoms with Crippen LogP contribution < -0.4 is 29.4 Å². The lowest BCUT2D eigenvalue weighted by Gasteiger charge is -2.27. The van der Waals surface area contributed by atoms with Gasteiger partial charge in [0.05, 0.1) is 12.5 Å². The van der Waals surface area contributed by atoms with E-state index in [0.717, 1.165) is 22.3 Å². The maximum absolute atomic E-state index is 12.5. The van der Waals surface area contributed by atoms with Gasteiger partial charge in [-0.15, -0.1) is 0 Å². The Morgan fingerprint density at radius 2 is 1.73 bits per heavy atom. The molecule has 0 amide bonds. The van der Waals surface area contributed by atoms with Gasteiger partial charge in [-0.25, -0.2) is 4.79 Å². The van der Waals surface area contributed by atoms with E-state index >= 15 is 0 Å². The van der Waals surface area contributed by atoms with Crippen molar-refractivity contribution in [2.45, 2.75) is 33.3 Å². The molecule has 0 bridgehead atoms. The minimum atomic E-state index is -0.578. The number of rotatable bonds is 10. The minimum absolute atomic E-state index is 0.0384. The highest BCUT2D eigenvalue weighted by Crippen LogP contribution is 2.45. The van der Waals surface area contributed by atoms with Gasteiger partial charge in [-0.05, 0) is 73.9 Å². The van der Waals surface area contributed by atoms with Crippen LogP contribution in [-0.4, -0.2) is 19.2 Å². The maximum Gasteiger partial charge on any atom is 0.349 e. The quantitative estimate of drug-likeness (QED) is 0.149. The number of aryl methyl sites for hydroxylation is 2. The first-order chi connectivity index (χ1) is 21.3. The largest absolute Gasteiger partial charge is 0.490 e. The van der Waals surface area contributed by atoms with E-state index in [4.69, 9.17) is 41.0 Å². The number of esters is 1. The summed E-state index contributed by atoms with van der Waals surface area (Å²) in [5.74, 6) is 1.06. The Labute approximate surface area is 261 Å². The highest BCUT2D eigenvalue weighted by molar-refractivity contribution is 6.31. The van der Waals surface area contributed by atoms with Gasteiger partial charge in [0.2, 0.25) is 5.88 Å². The molecule has 1 atom stereocenters. The average Bonchev–Trinajstić information content (AvgIpc) is 3.01. The molecule has 8 nitrogen and oxygen atoms in total. The number of nitriles is 1. The summed E-state index contributed by atoms with van der Waals surface area (Å²) in [6, 6.07) is 25.7. The molecule has 0 saturated heterocycles. The van der Waals surface area contributed by atoms with Gasteiger partial charge in [0.1, 0.15) is 35.5 Å². The topological polar surface area (TPSA) is 113 Å².